The second-order valence-corrected chi connectivity index (χ2v) is 4.54. The number of hydrogen-bond acceptors (Lipinski definition) is 2. The van der Waals surface area contributed by atoms with Crippen LogP contribution in [0.5, 0.6) is 5.75 Å². The number of carbonyl (C=O) groups is 1. The molecule has 17 heavy (non-hydrogen) atoms. The average Bonchev–Trinajstić information content (AvgIpc) is 2.25. The summed E-state index contributed by atoms with van der Waals surface area (Å²) in [7, 11) is 1.68. The van der Waals surface area contributed by atoms with Gasteiger partial charge in [0.05, 0.1) is 7.11 Å². The van der Waals surface area contributed by atoms with Gasteiger partial charge in [0, 0.05) is 6.54 Å². The molecule has 0 aliphatic carbocycles. The quantitative estimate of drug-likeness (QED) is 0.810. The van der Waals surface area contributed by atoms with Crippen molar-refractivity contribution >= 4 is 17.9 Å². The van der Waals surface area contributed by atoms with E-state index in [1.165, 1.54) is 11.1 Å². The maximum atomic E-state index is 10.7. The first-order valence-electron chi connectivity index (χ1n) is 5.57. The van der Waals surface area contributed by atoms with Gasteiger partial charge in [0.25, 0.3) is 5.24 Å². The number of nitrogens with one attached hydrogen (secondary N) is 1. The van der Waals surface area contributed by atoms with E-state index in [1.807, 2.05) is 6.92 Å². The molecule has 0 bridgehead atoms. The molecule has 0 fully saturated rings. The Balaban J connectivity index is 2.97. The first kappa shape index (κ1) is 13.9. The fraction of sp³-hybridized carbons (Fsp3) is 0.462. The molecule has 1 amide bonds. The minimum absolute atomic E-state index is 0.301. The van der Waals surface area contributed by atoms with Gasteiger partial charge >= 0.3 is 0 Å². The van der Waals surface area contributed by atoms with Crippen LogP contribution in [0, 0.1) is 20.8 Å². The van der Waals surface area contributed by atoms with Crippen molar-refractivity contribution in [2.45, 2.75) is 27.2 Å². The third-order valence-electron chi connectivity index (χ3n) is 2.97. The largest absolute Gasteiger partial charge is 0.496 e. The van der Waals surface area contributed by atoms with E-state index in [2.05, 4.69) is 37.9 Å². The molecule has 3 nitrogen and oxygen atoms in total. The summed E-state index contributed by atoms with van der Waals surface area (Å²) in [5.74, 6) is 0.927. The topological polar surface area (TPSA) is 38.3 Å². The van der Waals surface area contributed by atoms with E-state index < -0.39 is 0 Å². The number of carbonyl (C=O) groups excluding carboxylic acids is 1. The van der Waals surface area contributed by atoms with Gasteiger partial charge < -0.3 is 10.1 Å². The predicted octanol–water partition coefficient (Wildman–Crippen LogP) is 2.80. The Kier molecular flexibility index (Phi) is 4.87. The van der Waals surface area contributed by atoms with Crippen LogP contribution in [0.2, 0.25) is 0 Å². The van der Waals surface area contributed by atoms with Gasteiger partial charge in [-0.15, -0.1) is 0 Å². The Morgan fingerprint density at radius 2 is 2.00 bits per heavy atom. The highest BCUT2D eigenvalue weighted by Crippen LogP contribution is 2.29. The first-order valence-corrected chi connectivity index (χ1v) is 6.02. The summed E-state index contributed by atoms with van der Waals surface area (Å²) >= 11 is 3.67. The molecule has 1 N–H and O–H groups in total. The van der Waals surface area contributed by atoms with Gasteiger partial charge in [-0.2, -0.15) is 0 Å². The Bertz CT molecular complexity index is 430. The lowest BCUT2D eigenvalue weighted by Crippen LogP contribution is -2.20. The monoisotopic (exact) mass is 253 g/mol. The minimum atomic E-state index is -0.301. The highest BCUT2D eigenvalue weighted by Gasteiger charge is 2.11. The molecule has 0 saturated heterocycles. The van der Waals surface area contributed by atoms with Crippen molar-refractivity contribution in [2.75, 3.05) is 13.7 Å². The number of aryl methyl sites for hydroxylation is 2. The van der Waals surface area contributed by atoms with E-state index >= 15 is 0 Å². The van der Waals surface area contributed by atoms with Crippen LogP contribution >= 0.6 is 12.6 Å². The normalized spacial score (nSPS) is 10.2. The zero-order valence-electron chi connectivity index (χ0n) is 10.8. The molecule has 0 saturated carbocycles. The van der Waals surface area contributed by atoms with Gasteiger partial charge in [0.1, 0.15) is 5.75 Å². The van der Waals surface area contributed by atoms with E-state index in [0.717, 1.165) is 23.3 Å². The molecular weight excluding hydrogens is 234 g/mol. The minimum Gasteiger partial charge on any atom is -0.496 e. The number of thiol groups is 1. The molecule has 0 atom stereocenters. The third kappa shape index (κ3) is 3.40. The van der Waals surface area contributed by atoms with Crippen LogP contribution in [0.4, 0.5) is 4.79 Å². The van der Waals surface area contributed by atoms with Gasteiger partial charge in [0.15, 0.2) is 0 Å². The van der Waals surface area contributed by atoms with Crippen molar-refractivity contribution in [2.24, 2.45) is 0 Å². The predicted molar refractivity (Wildman–Crippen MR) is 73.3 cm³/mol. The smallest absolute Gasteiger partial charge is 0.275 e. The van der Waals surface area contributed by atoms with Crippen molar-refractivity contribution in [3.05, 3.63) is 28.3 Å². The lowest BCUT2D eigenvalue weighted by atomic mass is 9.97. The molecule has 94 valence electrons. The summed E-state index contributed by atoms with van der Waals surface area (Å²) in [6.07, 6.45) is 0.752. The number of hydrogen-bond donors (Lipinski definition) is 2. The highest BCUT2D eigenvalue weighted by atomic mass is 32.1. The molecular formula is C13H19NO2S. The van der Waals surface area contributed by atoms with Gasteiger partial charge in [-0.05, 0) is 49.4 Å². The van der Waals surface area contributed by atoms with Crippen LogP contribution < -0.4 is 10.1 Å². The van der Waals surface area contributed by atoms with Crippen LogP contribution in [0.1, 0.15) is 22.3 Å². The SMILES string of the molecule is COc1c(C)c(C)cc(C)c1CCNC(=O)S. The molecule has 0 aliphatic heterocycles. The van der Waals surface area contributed by atoms with Gasteiger partial charge in [-0.3, -0.25) is 4.79 Å². The fourth-order valence-corrected chi connectivity index (χ4v) is 2.10. The Hall–Kier alpha value is -1.16. The standard InChI is InChI=1S/C13H19NO2S/c1-8-7-9(2)11(5-6-14-13(15)17)12(16-4)10(8)3/h7H,5-6H2,1-4H3,(H2,14,15,17). The van der Waals surface area contributed by atoms with Crippen molar-refractivity contribution in [1.82, 2.24) is 5.32 Å². The molecule has 1 aromatic rings. The van der Waals surface area contributed by atoms with Crippen molar-refractivity contribution in [1.29, 1.82) is 0 Å². The molecule has 0 unspecified atom stereocenters. The average molecular weight is 253 g/mol. The second-order valence-electron chi connectivity index (χ2n) is 4.13. The summed E-state index contributed by atoms with van der Waals surface area (Å²) in [4.78, 5) is 10.7. The number of rotatable bonds is 4. The Labute approximate surface area is 108 Å². The Morgan fingerprint density at radius 3 is 2.53 bits per heavy atom. The fourth-order valence-electron chi connectivity index (χ4n) is 1.99. The molecule has 0 aliphatic rings. The first-order chi connectivity index (χ1) is 7.97. The molecule has 1 aromatic carbocycles. The molecule has 0 aromatic heterocycles. The summed E-state index contributed by atoms with van der Waals surface area (Å²) in [5.41, 5.74) is 4.72. The van der Waals surface area contributed by atoms with Gasteiger partial charge in [-0.1, -0.05) is 18.7 Å². The number of ether oxygens (including phenoxy) is 1. The Morgan fingerprint density at radius 1 is 1.35 bits per heavy atom. The van der Waals surface area contributed by atoms with E-state index in [4.69, 9.17) is 4.74 Å². The van der Waals surface area contributed by atoms with Crippen LogP contribution in [0.15, 0.2) is 6.07 Å². The second kappa shape index (κ2) is 5.96. The molecule has 1 rings (SSSR count). The van der Waals surface area contributed by atoms with E-state index in [1.54, 1.807) is 7.11 Å². The van der Waals surface area contributed by atoms with Crippen LogP contribution in [0.25, 0.3) is 0 Å². The molecule has 4 heteroatoms. The highest BCUT2D eigenvalue weighted by molar-refractivity contribution is 7.96. The zero-order valence-corrected chi connectivity index (χ0v) is 11.6. The van der Waals surface area contributed by atoms with Crippen molar-refractivity contribution in [3.63, 3.8) is 0 Å². The summed E-state index contributed by atoms with van der Waals surface area (Å²) < 4.78 is 5.46. The summed E-state index contributed by atoms with van der Waals surface area (Å²) in [6, 6.07) is 2.15. The lowest BCUT2D eigenvalue weighted by Gasteiger charge is -2.16. The van der Waals surface area contributed by atoms with Crippen molar-refractivity contribution < 1.29 is 9.53 Å². The van der Waals surface area contributed by atoms with Crippen molar-refractivity contribution in [3.8, 4) is 5.75 Å². The number of benzene rings is 1. The van der Waals surface area contributed by atoms with Crippen LogP contribution in [-0.2, 0) is 6.42 Å². The number of amides is 1. The zero-order chi connectivity index (χ0) is 13.0. The van der Waals surface area contributed by atoms with Crippen LogP contribution in [0.3, 0.4) is 0 Å². The summed E-state index contributed by atoms with van der Waals surface area (Å²) in [5, 5.41) is 2.38. The maximum Gasteiger partial charge on any atom is 0.275 e. The molecule has 0 heterocycles. The van der Waals surface area contributed by atoms with Gasteiger partial charge in [0.2, 0.25) is 0 Å². The number of methoxy groups -OCH3 is 1. The third-order valence-corrected chi connectivity index (χ3v) is 3.13. The van der Waals surface area contributed by atoms with E-state index in [-0.39, 0.29) is 5.24 Å². The van der Waals surface area contributed by atoms with Crippen LogP contribution in [-0.4, -0.2) is 18.9 Å². The lowest BCUT2D eigenvalue weighted by molar-refractivity contribution is 0.261. The van der Waals surface area contributed by atoms with Gasteiger partial charge in [-0.25, -0.2) is 0 Å². The molecule has 0 radical (unpaired) electrons. The maximum absolute atomic E-state index is 10.7. The van der Waals surface area contributed by atoms with E-state index in [0.29, 0.717) is 6.54 Å². The molecule has 0 spiro atoms. The summed E-state index contributed by atoms with van der Waals surface area (Å²) in [6.45, 7) is 6.76. The van der Waals surface area contributed by atoms with E-state index in [9.17, 15) is 4.79 Å².